The van der Waals surface area contributed by atoms with Crippen molar-refractivity contribution in [2.24, 2.45) is 0 Å². The van der Waals surface area contributed by atoms with Gasteiger partial charge in [-0.15, -0.1) is 0 Å². The van der Waals surface area contributed by atoms with Crippen LogP contribution in [0.3, 0.4) is 0 Å². The normalized spacial score (nSPS) is 14.1. The zero-order valence-corrected chi connectivity index (χ0v) is 18.0. The molecule has 156 valence electrons. The van der Waals surface area contributed by atoms with Gasteiger partial charge in [-0.1, -0.05) is 42.5 Å². The summed E-state index contributed by atoms with van der Waals surface area (Å²) < 4.78 is 0. The Morgan fingerprint density at radius 1 is 0.900 bits per heavy atom. The van der Waals surface area contributed by atoms with Crippen molar-refractivity contribution in [3.05, 3.63) is 71.5 Å². The third-order valence-electron chi connectivity index (χ3n) is 5.96. The Hall–Kier alpha value is -3.28. The second-order valence-electron chi connectivity index (χ2n) is 7.97. The summed E-state index contributed by atoms with van der Waals surface area (Å²) >= 11 is 0. The highest BCUT2D eigenvalue weighted by atomic mass is 15.3. The van der Waals surface area contributed by atoms with Crippen LogP contribution < -0.4 is 20.4 Å². The van der Waals surface area contributed by atoms with Crippen molar-refractivity contribution in [1.82, 2.24) is 9.97 Å². The molecule has 1 fully saturated rings. The molecule has 1 aliphatic rings. The fraction of sp³-hybridized carbons (Fsp3) is 0.333. The van der Waals surface area contributed by atoms with Gasteiger partial charge in [-0.3, -0.25) is 0 Å². The number of nitrogens with zero attached hydrogens (tertiary/aromatic N) is 5. The highest BCUT2D eigenvalue weighted by molar-refractivity contribution is 5.76. The zero-order chi connectivity index (χ0) is 21.1. The molecule has 0 radical (unpaired) electrons. The van der Waals surface area contributed by atoms with Gasteiger partial charge in [0.25, 0.3) is 0 Å². The molecule has 0 bridgehead atoms. The molecular formula is C24H30N6. The van der Waals surface area contributed by atoms with E-state index in [0.717, 1.165) is 44.4 Å². The van der Waals surface area contributed by atoms with E-state index in [4.69, 9.17) is 5.73 Å². The molecule has 6 nitrogen and oxygen atoms in total. The van der Waals surface area contributed by atoms with Crippen molar-refractivity contribution >= 4 is 23.0 Å². The topological polar surface area (TPSA) is 61.5 Å². The van der Waals surface area contributed by atoms with Crippen LogP contribution in [0, 0.1) is 13.8 Å². The number of nitrogens with two attached hydrogens (primary N) is 1. The largest absolute Gasteiger partial charge is 0.393 e. The maximum Gasteiger partial charge on any atom is 0.157 e. The number of hydrogen-bond donors (Lipinski definition) is 1. The minimum atomic E-state index is 0.649. The predicted molar refractivity (Wildman–Crippen MR) is 125 cm³/mol. The van der Waals surface area contributed by atoms with Gasteiger partial charge >= 0.3 is 0 Å². The van der Waals surface area contributed by atoms with Gasteiger partial charge in [0.05, 0.1) is 0 Å². The van der Waals surface area contributed by atoms with Crippen molar-refractivity contribution in [2.45, 2.75) is 20.4 Å². The zero-order valence-electron chi connectivity index (χ0n) is 18.0. The van der Waals surface area contributed by atoms with Crippen LogP contribution in [0.1, 0.15) is 16.7 Å². The number of rotatable bonds is 5. The van der Waals surface area contributed by atoms with Crippen LogP contribution in [0.5, 0.6) is 0 Å². The lowest BCUT2D eigenvalue weighted by Crippen LogP contribution is -2.47. The molecule has 3 aromatic rings. The van der Waals surface area contributed by atoms with Crippen molar-refractivity contribution in [3.8, 4) is 0 Å². The van der Waals surface area contributed by atoms with Crippen molar-refractivity contribution in [3.63, 3.8) is 0 Å². The van der Waals surface area contributed by atoms with Crippen LogP contribution in [0.25, 0.3) is 0 Å². The quantitative estimate of drug-likeness (QED) is 0.703. The minimum absolute atomic E-state index is 0.649. The van der Waals surface area contributed by atoms with Gasteiger partial charge in [0, 0.05) is 45.5 Å². The molecule has 1 saturated heterocycles. The Morgan fingerprint density at radius 3 is 2.33 bits per heavy atom. The van der Waals surface area contributed by atoms with Gasteiger partial charge < -0.3 is 20.4 Å². The van der Waals surface area contributed by atoms with Crippen LogP contribution >= 0.6 is 0 Å². The first kappa shape index (κ1) is 20.0. The first-order chi connectivity index (χ1) is 14.5. The number of benzene rings is 2. The fourth-order valence-corrected chi connectivity index (χ4v) is 4.10. The smallest absolute Gasteiger partial charge is 0.157 e. The summed E-state index contributed by atoms with van der Waals surface area (Å²) in [6.07, 6.45) is 1.62. The standard InChI is InChI=1S/C24H30N6/c1-18-8-7-11-21(19(18)2)29-12-14-30(15-13-29)24-22(25)23(26-17-27-24)28(3)16-20-9-5-4-6-10-20/h4-11,17H,12-16,25H2,1-3H3. The van der Waals surface area contributed by atoms with E-state index in [9.17, 15) is 0 Å². The number of aryl methyl sites for hydroxylation is 1. The number of anilines is 4. The highest BCUT2D eigenvalue weighted by Gasteiger charge is 2.23. The Bertz CT molecular complexity index is 996. The highest BCUT2D eigenvalue weighted by Crippen LogP contribution is 2.31. The van der Waals surface area contributed by atoms with E-state index in [-0.39, 0.29) is 0 Å². The van der Waals surface area contributed by atoms with Gasteiger partial charge in [0.1, 0.15) is 12.0 Å². The average molecular weight is 403 g/mol. The van der Waals surface area contributed by atoms with Crippen molar-refractivity contribution in [2.75, 3.05) is 53.7 Å². The molecule has 2 aromatic carbocycles. The summed E-state index contributed by atoms with van der Waals surface area (Å²) in [7, 11) is 2.02. The van der Waals surface area contributed by atoms with E-state index >= 15 is 0 Å². The number of nitrogen functional groups attached to an aromatic ring is 1. The molecule has 0 amide bonds. The molecule has 0 unspecified atom stereocenters. The van der Waals surface area contributed by atoms with E-state index < -0.39 is 0 Å². The second-order valence-corrected chi connectivity index (χ2v) is 7.97. The van der Waals surface area contributed by atoms with Crippen molar-refractivity contribution < 1.29 is 0 Å². The molecule has 30 heavy (non-hydrogen) atoms. The predicted octanol–water partition coefficient (Wildman–Crippen LogP) is 3.64. The Balaban J connectivity index is 1.48. The summed E-state index contributed by atoms with van der Waals surface area (Å²) in [5.74, 6) is 1.61. The number of hydrogen-bond acceptors (Lipinski definition) is 6. The molecule has 1 aromatic heterocycles. The number of piperazine rings is 1. The first-order valence-corrected chi connectivity index (χ1v) is 10.5. The minimum Gasteiger partial charge on any atom is -0.393 e. The number of aromatic nitrogens is 2. The van der Waals surface area contributed by atoms with Gasteiger partial charge in [0.15, 0.2) is 11.6 Å². The third kappa shape index (κ3) is 4.03. The molecular weight excluding hydrogens is 372 g/mol. The van der Waals surface area contributed by atoms with Gasteiger partial charge in [0.2, 0.25) is 0 Å². The third-order valence-corrected chi connectivity index (χ3v) is 5.96. The summed E-state index contributed by atoms with van der Waals surface area (Å²) in [4.78, 5) is 15.8. The Morgan fingerprint density at radius 2 is 1.60 bits per heavy atom. The Labute approximate surface area is 179 Å². The van der Waals surface area contributed by atoms with Gasteiger partial charge in [-0.2, -0.15) is 0 Å². The maximum atomic E-state index is 6.54. The van der Waals surface area contributed by atoms with Crippen LogP contribution in [-0.4, -0.2) is 43.2 Å². The van der Waals surface area contributed by atoms with E-state index in [2.05, 4.69) is 68.8 Å². The lowest BCUT2D eigenvalue weighted by atomic mass is 10.1. The molecule has 4 rings (SSSR count). The van der Waals surface area contributed by atoms with E-state index in [1.165, 1.54) is 22.4 Å². The molecule has 0 saturated carbocycles. The molecule has 0 atom stereocenters. The summed E-state index contributed by atoms with van der Waals surface area (Å²) in [5.41, 5.74) is 12.4. The van der Waals surface area contributed by atoms with E-state index in [1.54, 1.807) is 6.33 Å². The molecule has 2 heterocycles. The molecule has 0 aliphatic carbocycles. The van der Waals surface area contributed by atoms with Crippen molar-refractivity contribution in [1.29, 1.82) is 0 Å². The Kier molecular flexibility index (Phi) is 5.74. The van der Waals surface area contributed by atoms with Crippen LogP contribution in [0.15, 0.2) is 54.9 Å². The maximum absolute atomic E-state index is 6.54. The van der Waals surface area contributed by atoms with E-state index in [1.807, 2.05) is 25.2 Å². The summed E-state index contributed by atoms with van der Waals surface area (Å²) in [5, 5.41) is 0. The lowest BCUT2D eigenvalue weighted by molar-refractivity contribution is 0.646. The molecule has 2 N–H and O–H groups in total. The van der Waals surface area contributed by atoms with Gasteiger partial charge in [-0.25, -0.2) is 9.97 Å². The lowest BCUT2D eigenvalue weighted by Gasteiger charge is -2.38. The summed E-state index contributed by atoms with van der Waals surface area (Å²) in [6, 6.07) is 16.9. The summed E-state index contributed by atoms with van der Waals surface area (Å²) in [6.45, 7) is 8.79. The molecule has 6 heteroatoms. The second kappa shape index (κ2) is 8.61. The molecule has 1 aliphatic heterocycles. The first-order valence-electron chi connectivity index (χ1n) is 10.5. The van der Waals surface area contributed by atoms with E-state index in [0.29, 0.717) is 5.69 Å². The molecule has 0 spiro atoms. The van der Waals surface area contributed by atoms with Gasteiger partial charge in [-0.05, 0) is 36.6 Å². The van der Waals surface area contributed by atoms with Crippen LogP contribution in [-0.2, 0) is 6.54 Å². The fourth-order valence-electron chi connectivity index (χ4n) is 4.10. The van der Waals surface area contributed by atoms with Crippen LogP contribution in [0.4, 0.5) is 23.0 Å². The monoisotopic (exact) mass is 402 g/mol. The SMILES string of the molecule is Cc1cccc(N2CCN(c3ncnc(N(C)Cc4ccccc4)c3N)CC2)c1C. The van der Waals surface area contributed by atoms with Crippen LogP contribution in [0.2, 0.25) is 0 Å². The average Bonchev–Trinajstić information content (AvgIpc) is 2.77.